The molecule has 1 aromatic carbocycles. The standard InChI is InChI=1S/C9H12N2O2/c1-10-6-5-8-3-2-4-9(7-8)11(12)13/h2-4,7,10H,5-6H2,1H3. The Bertz CT molecular complexity index is 299. The SMILES string of the molecule is CNCCc1cccc([N+](=O)[O-])c1. The second-order valence-electron chi connectivity index (χ2n) is 2.78. The largest absolute Gasteiger partial charge is 0.319 e. The van der Waals surface area contributed by atoms with E-state index < -0.39 is 0 Å². The highest BCUT2D eigenvalue weighted by Crippen LogP contribution is 2.12. The van der Waals surface area contributed by atoms with Crippen LogP contribution in [-0.4, -0.2) is 18.5 Å². The first-order valence-electron chi connectivity index (χ1n) is 4.12. The number of nitro benzene ring substituents is 1. The Kier molecular flexibility index (Phi) is 3.40. The predicted octanol–water partition coefficient (Wildman–Crippen LogP) is 1.36. The van der Waals surface area contributed by atoms with E-state index in [0.717, 1.165) is 18.5 Å². The van der Waals surface area contributed by atoms with E-state index in [4.69, 9.17) is 0 Å². The molecule has 0 saturated heterocycles. The summed E-state index contributed by atoms with van der Waals surface area (Å²) >= 11 is 0. The van der Waals surface area contributed by atoms with Gasteiger partial charge < -0.3 is 5.32 Å². The summed E-state index contributed by atoms with van der Waals surface area (Å²) in [4.78, 5) is 10.0. The molecule has 0 unspecified atom stereocenters. The number of benzene rings is 1. The van der Waals surface area contributed by atoms with Crippen molar-refractivity contribution in [1.29, 1.82) is 0 Å². The molecule has 0 bridgehead atoms. The molecule has 4 heteroatoms. The number of rotatable bonds is 4. The molecule has 0 atom stereocenters. The molecule has 0 aliphatic heterocycles. The van der Waals surface area contributed by atoms with Crippen LogP contribution in [0.4, 0.5) is 5.69 Å². The van der Waals surface area contributed by atoms with Crippen molar-refractivity contribution in [2.24, 2.45) is 0 Å². The molecule has 0 spiro atoms. The van der Waals surface area contributed by atoms with Gasteiger partial charge in [-0.2, -0.15) is 0 Å². The van der Waals surface area contributed by atoms with Crippen LogP contribution < -0.4 is 5.32 Å². The van der Waals surface area contributed by atoms with Crippen LogP contribution in [0.15, 0.2) is 24.3 Å². The van der Waals surface area contributed by atoms with Gasteiger partial charge in [-0.05, 0) is 25.6 Å². The summed E-state index contributed by atoms with van der Waals surface area (Å²) in [6.45, 7) is 0.834. The molecule has 1 N–H and O–H groups in total. The van der Waals surface area contributed by atoms with Crippen molar-refractivity contribution in [3.63, 3.8) is 0 Å². The first kappa shape index (κ1) is 9.67. The van der Waals surface area contributed by atoms with E-state index in [1.807, 2.05) is 13.1 Å². The van der Waals surface area contributed by atoms with Crippen molar-refractivity contribution >= 4 is 5.69 Å². The summed E-state index contributed by atoms with van der Waals surface area (Å²) in [7, 11) is 1.86. The van der Waals surface area contributed by atoms with E-state index in [1.165, 1.54) is 6.07 Å². The number of hydrogen-bond acceptors (Lipinski definition) is 3. The molecular weight excluding hydrogens is 168 g/mol. The average molecular weight is 180 g/mol. The van der Waals surface area contributed by atoms with Crippen LogP contribution in [0.1, 0.15) is 5.56 Å². The molecule has 13 heavy (non-hydrogen) atoms. The van der Waals surface area contributed by atoms with Crippen molar-refractivity contribution < 1.29 is 4.92 Å². The Labute approximate surface area is 76.7 Å². The molecule has 70 valence electrons. The number of hydrogen-bond donors (Lipinski definition) is 1. The maximum Gasteiger partial charge on any atom is 0.269 e. The van der Waals surface area contributed by atoms with Crippen LogP contribution in [0, 0.1) is 10.1 Å². The topological polar surface area (TPSA) is 55.2 Å². The van der Waals surface area contributed by atoms with Gasteiger partial charge >= 0.3 is 0 Å². The third-order valence-corrected chi connectivity index (χ3v) is 1.79. The fraction of sp³-hybridized carbons (Fsp3) is 0.333. The Morgan fingerprint density at radius 2 is 2.31 bits per heavy atom. The van der Waals surface area contributed by atoms with Gasteiger partial charge in [0, 0.05) is 12.1 Å². The van der Waals surface area contributed by atoms with Gasteiger partial charge in [-0.15, -0.1) is 0 Å². The maximum absolute atomic E-state index is 10.4. The lowest BCUT2D eigenvalue weighted by Crippen LogP contribution is -2.10. The summed E-state index contributed by atoms with van der Waals surface area (Å²) in [6.07, 6.45) is 0.818. The average Bonchev–Trinajstić information content (AvgIpc) is 2.15. The van der Waals surface area contributed by atoms with Gasteiger partial charge in [-0.1, -0.05) is 12.1 Å². The number of nitrogens with zero attached hydrogens (tertiary/aromatic N) is 1. The lowest BCUT2D eigenvalue weighted by atomic mass is 10.1. The van der Waals surface area contributed by atoms with Gasteiger partial charge in [0.05, 0.1) is 4.92 Å². The fourth-order valence-corrected chi connectivity index (χ4v) is 1.09. The van der Waals surface area contributed by atoms with Gasteiger partial charge in [0.15, 0.2) is 0 Å². The highest BCUT2D eigenvalue weighted by Gasteiger charge is 2.04. The first-order chi connectivity index (χ1) is 6.24. The summed E-state index contributed by atoms with van der Waals surface area (Å²) in [5, 5.41) is 13.4. The number of non-ortho nitro benzene ring substituents is 1. The molecule has 1 rings (SSSR count). The van der Waals surface area contributed by atoms with Gasteiger partial charge in [0.25, 0.3) is 5.69 Å². The van der Waals surface area contributed by atoms with Crippen molar-refractivity contribution in [3.8, 4) is 0 Å². The van der Waals surface area contributed by atoms with Crippen molar-refractivity contribution in [1.82, 2.24) is 5.32 Å². The van der Waals surface area contributed by atoms with Crippen LogP contribution in [0.25, 0.3) is 0 Å². The Morgan fingerprint density at radius 1 is 1.54 bits per heavy atom. The maximum atomic E-state index is 10.4. The Hall–Kier alpha value is -1.42. The number of nitrogens with one attached hydrogen (secondary N) is 1. The number of likely N-dealkylation sites (N-methyl/N-ethyl adjacent to an activating group) is 1. The minimum absolute atomic E-state index is 0.161. The lowest BCUT2D eigenvalue weighted by molar-refractivity contribution is -0.384. The zero-order valence-corrected chi connectivity index (χ0v) is 7.49. The molecule has 0 aromatic heterocycles. The van der Waals surface area contributed by atoms with Crippen LogP contribution >= 0.6 is 0 Å². The summed E-state index contributed by atoms with van der Waals surface area (Å²) < 4.78 is 0. The van der Waals surface area contributed by atoms with E-state index in [1.54, 1.807) is 12.1 Å². The highest BCUT2D eigenvalue weighted by molar-refractivity contribution is 5.34. The predicted molar refractivity (Wildman–Crippen MR) is 50.7 cm³/mol. The van der Waals surface area contributed by atoms with Gasteiger partial charge in [-0.25, -0.2) is 0 Å². The lowest BCUT2D eigenvalue weighted by Gasteiger charge is -1.99. The summed E-state index contributed by atoms with van der Waals surface area (Å²) in [5.41, 5.74) is 1.15. The monoisotopic (exact) mass is 180 g/mol. The van der Waals surface area contributed by atoms with E-state index in [-0.39, 0.29) is 10.6 Å². The van der Waals surface area contributed by atoms with E-state index in [2.05, 4.69) is 5.32 Å². The third kappa shape index (κ3) is 2.83. The van der Waals surface area contributed by atoms with Gasteiger partial charge in [0.2, 0.25) is 0 Å². The molecule has 1 aromatic rings. The molecule has 0 amide bonds. The second-order valence-corrected chi connectivity index (χ2v) is 2.78. The second kappa shape index (κ2) is 4.57. The Morgan fingerprint density at radius 3 is 2.92 bits per heavy atom. The molecule has 0 aliphatic carbocycles. The van der Waals surface area contributed by atoms with Crippen LogP contribution in [0.2, 0.25) is 0 Å². The van der Waals surface area contributed by atoms with E-state index >= 15 is 0 Å². The van der Waals surface area contributed by atoms with Crippen LogP contribution in [0.3, 0.4) is 0 Å². The summed E-state index contributed by atoms with van der Waals surface area (Å²) in [5.74, 6) is 0. The van der Waals surface area contributed by atoms with Crippen LogP contribution in [-0.2, 0) is 6.42 Å². The molecule has 0 aliphatic rings. The minimum atomic E-state index is -0.372. The zero-order valence-electron chi connectivity index (χ0n) is 7.49. The molecule has 4 nitrogen and oxygen atoms in total. The zero-order chi connectivity index (χ0) is 9.68. The molecule has 0 fully saturated rings. The van der Waals surface area contributed by atoms with E-state index in [9.17, 15) is 10.1 Å². The molecule has 0 heterocycles. The van der Waals surface area contributed by atoms with Crippen molar-refractivity contribution in [2.45, 2.75) is 6.42 Å². The summed E-state index contributed by atoms with van der Waals surface area (Å²) in [6, 6.07) is 6.72. The minimum Gasteiger partial charge on any atom is -0.319 e. The smallest absolute Gasteiger partial charge is 0.269 e. The van der Waals surface area contributed by atoms with Crippen LogP contribution in [0.5, 0.6) is 0 Å². The first-order valence-corrected chi connectivity index (χ1v) is 4.12. The molecular formula is C9H12N2O2. The normalized spacial score (nSPS) is 9.92. The Balaban J connectivity index is 2.73. The van der Waals surface area contributed by atoms with Crippen molar-refractivity contribution in [2.75, 3.05) is 13.6 Å². The molecule has 0 saturated carbocycles. The highest BCUT2D eigenvalue weighted by atomic mass is 16.6. The van der Waals surface area contributed by atoms with E-state index in [0.29, 0.717) is 0 Å². The van der Waals surface area contributed by atoms with Gasteiger partial charge in [0.1, 0.15) is 0 Å². The quantitative estimate of drug-likeness (QED) is 0.562. The number of nitro groups is 1. The third-order valence-electron chi connectivity index (χ3n) is 1.79. The fourth-order valence-electron chi connectivity index (χ4n) is 1.09. The van der Waals surface area contributed by atoms with Crippen molar-refractivity contribution in [3.05, 3.63) is 39.9 Å². The molecule has 0 radical (unpaired) electrons. The van der Waals surface area contributed by atoms with Gasteiger partial charge in [-0.3, -0.25) is 10.1 Å².